The first-order valence-electron chi connectivity index (χ1n) is 9.60. The van der Waals surface area contributed by atoms with E-state index in [1.165, 1.54) is 11.1 Å². The molecule has 0 N–H and O–H groups in total. The standard InChI is InChI=1S/C22H24N4OS2.ClH/c1-14-6-9-18-20(15(14)2)24-22(29-18)26(11-5-10-25(3)4)21(27)16-7-8-17-19(12-16)28-13-23-17;/h6-9,12-13H,5,10-11H2,1-4H3;1H. The summed E-state index contributed by atoms with van der Waals surface area (Å²) in [6, 6.07) is 9.95. The molecule has 0 atom stereocenters. The maximum Gasteiger partial charge on any atom is 0.260 e. The molecule has 0 unspecified atom stereocenters. The van der Waals surface area contributed by atoms with E-state index in [-0.39, 0.29) is 18.3 Å². The van der Waals surface area contributed by atoms with Crippen molar-refractivity contribution in [2.45, 2.75) is 20.3 Å². The molecular formula is C22H25ClN4OS2. The molecule has 0 bridgehead atoms. The molecular weight excluding hydrogens is 436 g/mol. The zero-order chi connectivity index (χ0) is 20.5. The molecule has 0 aliphatic rings. The van der Waals surface area contributed by atoms with Crippen LogP contribution in [0, 0.1) is 13.8 Å². The largest absolute Gasteiger partial charge is 0.309 e. The van der Waals surface area contributed by atoms with E-state index >= 15 is 0 Å². The van der Waals surface area contributed by atoms with Crippen LogP contribution >= 0.6 is 35.1 Å². The molecule has 2 aromatic heterocycles. The van der Waals surface area contributed by atoms with Gasteiger partial charge in [-0.15, -0.1) is 23.7 Å². The van der Waals surface area contributed by atoms with Crippen LogP contribution in [0.4, 0.5) is 5.13 Å². The van der Waals surface area contributed by atoms with E-state index in [0.717, 1.165) is 38.5 Å². The van der Waals surface area contributed by atoms with Crippen LogP contribution in [0.15, 0.2) is 35.8 Å². The highest BCUT2D eigenvalue weighted by Gasteiger charge is 2.22. The van der Waals surface area contributed by atoms with E-state index in [9.17, 15) is 4.79 Å². The monoisotopic (exact) mass is 460 g/mol. The molecule has 30 heavy (non-hydrogen) atoms. The van der Waals surface area contributed by atoms with Gasteiger partial charge in [0.25, 0.3) is 5.91 Å². The summed E-state index contributed by atoms with van der Waals surface area (Å²) in [5.41, 5.74) is 6.81. The second-order valence-electron chi connectivity index (χ2n) is 7.50. The molecule has 4 aromatic rings. The molecule has 0 fully saturated rings. The SMILES string of the molecule is Cc1ccc2sc(N(CCCN(C)C)C(=O)c3ccc4ncsc4c3)nc2c1C.Cl. The van der Waals surface area contributed by atoms with Crippen molar-refractivity contribution >= 4 is 66.6 Å². The smallest absolute Gasteiger partial charge is 0.260 e. The van der Waals surface area contributed by atoms with Gasteiger partial charge in [-0.2, -0.15) is 0 Å². The Morgan fingerprint density at radius 1 is 1.07 bits per heavy atom. The third kappa shape index (κ3) is 4.49. The number of fused-ring (bicyclic) bond motifs is 2. The number of halogens is 1. The van der Waals surface area contributed by atoms with Gasteiger partial charge in [-0.05, 0) is 76.3 Å². The first kappa shape index (κ1) is 22.6. The van der Waals surface area contributed by atoms with Crippen molar-refractivity contribution in [1.82, 2.24) is 14.9 Å². The minimum atomic E-state index is -0.00696. The number of amides is 1. The summed E-state index contributed by atoms with van der Waals surface area (Å²) in [4.78, 5) is 26.6. The minimum absolute atomic E-state index is 0. The van der Waals surface area contributed by atoms with Crippen LogP contribution in [0.1, 0.15) is 27.9 Å². The van der Waals surface area contributed by atoms with Gasteiger partial charge in [0.05, 0.1) is 25.9 Å². The number of hydrogen-bond acceptors (Lipinski definition) is 6. The Hall–Kier alpha value is -2.06. The summed E-state index contributed by atoms with van der Waals surface area (Å²) in [6.45, 7) is 5.74. The van der Waals surface area contributed by atoms with Gasteiger partial charge in [-0.25, -0.2) is 9.97 Å². The Morgan fingerprint density at radius 2 is 1.87 bits per heavy atom. The number of benzene rings is 2. The Morgan fingerprint density at radius 3 is 2.63 bits per heavy atom. The van der Waals surface area contributed by atoms with E-state index in [0.29, 0.717) is 12.1 Å². The Bertz CT molecular complexity index is 1180. The lowest BCUT2D eigenvalue weighted by atomic mass is 10.1. The third-order valence-corrected chi connectivity index (χ3v) is 6.95. The second kappa shape index (κ2) is 9.39. The zero-order valence-electron chi connectivity index (χ0n) is 17.5. The molecule has 0 saturated heterocycles. The zero-order valence-corrected chi connectivity index (χ0v) is 20.0. The summed E-state index contributed by atoms with van der Waals surface area (Å²) in [5.74, 6) is -0.00696. The topological polar surface area (TPSA) is 49.3 Å². The van der Waals surface area contributed by atoms with Crippen LogP contribution in [0.5, 0.6) is 0 Å². The first-order chi connectivity index (χ1) is 13.9. The fourth-order valence-electron chi connectivity index (χ4n) is 3.30. The molecule has 158 valence electrons. The van der Waals surface area contributed by atoms with Crippen molar-refractivity contribution < 1.29 is 4.79 Å². The number of carbonyl (C=O) groups excluding carboxylic acids is 1. The highest BCUT2D eigenvalue weighted by Crippen LogP contribution is 2.33. The number of aryl methyl sites for hydroxylation is 2. The Balaban J connectivity index is 0.00000256. The molecule has 0 aliphatic heterocycles. The van der Waals surface area contributed by atoms with Gasteiger partial charge >= 0.3 is 0 Å². The van der Waals surface area contributed by atoms with Gasteiger partial charge < -0.3 is 4.90 Å². The van der Waals surface area contributed by atoms with Crippen LogP contribution in [0.2, 0.25) is 0 Å². The van der Waals surface area contributed by atoms with Crippen LogP contribution in [-0.4, -0.2) is 48.0 Å². The molecule has 0 aliphatic carbocycles. The third-order valence-electron chi connectivity index (χ3n) is 5.11. The van der Waals surface area contributed by atoms with E-state index in [2.05, 4.69) is 35.9 Å². The number of thiazole rings is 2. The van der Waals surface area contributed by atoms with Gasteiger partial charge in [0.15, 0.2) is 5.13 Å². The molecule has 0 spiro atoms. The Labute approximate surface area is 190 Å². The molecule has 4 rings (SSSR count). The van der Waals surface area contributed by atoms with Crippen molar-refractivity contribution in [3.05, 3.63) is 52.5 Å². The van der Waals surface area contributed by atoms with Gasteiger partial charge in [-0.3, -0.25) is 9.69 Å². The maximum atomic E-state index is 13.5. The average Bonchev–Trinajstić information content (AvgIpc) is 3.34. The van der Waals surface area contributed by atoms with Gasteiger partial charge in [0.2, 0.25) is 0 Å². The molecule has 2 heterocycles. The number of carbonyl (C=O) groups is 1. The normalized spacial score (nSPS) is 11.2. The fraction of sp³-hybridized carbons (Fsp3) is 0.318. The number of anilines is 1. The highest BCUT2D eigenvalue weighted by molar-refractivity contribution is 7.22. The van der Waals surface area contributed by atoms with Crippen molar-refractivity contribution in [3.8, 4) is 0 Å². The van der Waals surface area contributed by atoms with E-state index in [1.807, 2.05) is 42.7 Å². The molecule has 1 amide bonds. The predicted octanol–water partition coefficient (Wildman–Crippen LogP) is 5.54. The lowest BCUT2D eigenvalue weighted by Gasteiger charge is -2.21. The van der Waals surface area contributed by atoms with Crippen molar-refractivity contribution in [1.29, 1.82) is 0 Å². The van der Waals surface area contributed by atoms with Crippen molar-refractivity contribution in [2.24, 2.45) is 0 Å². The van der Waals surface area contributed by atoms with E-state index in [1.54, 1.807) is 22.7 Å². The van der Waals surface area contributed by atoms with Gasteiger partial charge in [0, 0.05) is 12.1 Å². The first-order valence-corrected chi connectivity index (χ1v) is 11.3. The fourth-order valence-corrected chi connectivity index (χ4v) is 5.07. The number of nitrogens with zero attached hydrogens (tertiary/aromatic N) is 4. The predicted molar refractivity (Wildman–Crippen MR) is 131 cm³/mol. The summed E-state index contributed by atoms with van der Waals surface area (Å²) in [6.07, 6.45) is 0.884. The van der Waals surface area contributed by atoms with E-state index < -0.39 is 0 Å². The van der Waals surface area contributed by atoms with Crippen LogP contribution in [0.3, 0.4) is 0 Å². The molecule has 5 nitrogen and oxygen atoms in total. The minimum Gasteiger partial charge on any atom is -0.309 e. The second-order valence-corrected chi connectivity index (χ2v) is 9.39. The molecule has 8 heteroatoms. The average molecular weight is 461 g/mol. The lowest BCUT2D eigenvalue weighted by molar-refractivity contribution is 0.0986. The number of hydrogen-bond donors (Lipinski definition) is 0. The highest BCUT2D eigenvalue weighted by atomic mass is 35.5. The van der Waals surface area contributed by atoms with Gasteiger partial charge in [0.1, 0.15) is 0 Å². The summed E-state index contributed by atoms with van der Waals surface area (Å²) < 4.78 is 2.14. The molecule has 0 saturated carbocycles. The Kier molecular flexibility index (Phi) is 7.08. The van der Waals surface area contributed by atoms with E-state index in [4.69, 9.17) is 4.98 Å². The summed E-state index contributed by atoms with van der Waals surface area (Å²) >= 11 is 3.14. The molecule has 0 radical (unpaired) electrons. The quantitative estimate of drug-likeness (QED) is 0.379. The van der Waals surface area contributed by atoms with Crippen LogP contribution in [-0.2, 0) is 0 Å². The maximum absolute atomic E-state index is 13.5. The summed E-state index contributed by atoms with van der Waals surface area (Å²) in [7, 11) is 4.10. The van der Waals surface area contributed by atoms with Crippen LogP contribution in [0.25, 0.3) is 20.4 Å². The summed E-state index contributed by atoms with van der Waals surface area (Å²) in [5, 5.41) is 0.766. The van der Waals surface area contributed by atoms with Crippen LogP contribution < -0.4 is 4.90 Å². The number of aromatic nitrogens is 2. The van der Waals surface area contributed by atoms with Gasteiger partial charge in [-0.1, -0.05) is 17.4 Å². The lowest BCUT2D eigenvalue weighted by Crippen LogP contribution is -2.33. The van der Waals surface area contributed by atoms with Crippen molar-refractivity contribution in [3.63, 3.8) is 0 Å². The number of rotatable bonds is 6. The molecule has 2 aromatic carbocycles. The van der Waals surface area contributed by atoms with Crippen molar-refractivity contribution in [2.75, 3.05) is 32.1 Å².